The second kappa shape index (κ2) is 24.4. The van der Waals surface area contributed by atoms with Crippen LogP contribution >= 0.6 is 0 Å². The second-order valence-electron chi connectivity index (χ2n) is 15.3. The molecule has 53 heavy (non-hydrogen) atoms. The molecular weight excluding hydrogens is 668 g/mol. The van der Waals surface area contributed by atoms with Crippen molar-refractivity contribution < 1.29 is 38.0 Å². The molecule has 0 bridgehead atoms. The number of aryl methyl sites for hydroxylation is 3. The zero-order chi connectivity index (χ0) is 40.8. The van der Waals surface area contributed by atoms with Gasteiger partial charge in [0, 0.05) is 13.5 Å². The highest BCUT2D eigenvalue weighted by molar-refractivity contribution is 5.89. The molecule has 0 fully saturated rings. The average Bonchev–Trinajstić information content (AvgIpc) is 3.07. The zero-order valence-corrected chi connectivity index (χ0v) is 35.7. The van der Waals surface area contributed by atoms with Crippen LogP contribution in [0.5, 0.6) is 11.5 Å². The first-order chi connectivity index (χ1) is 24.5. The lowest BCUT2D eigenvalue weighted by molar-refractivity contribution is -0.154. The molecule has 0 amide bonds. The van der Waals surface area contributed by atoms with Crippen molar-refractivity contribution in [2.75, 3.05) is 7.11 Å². The van der Waals surface area contributed by atoms with E-state index in [-0.39, 0.29) is 35.7 Å². The monoisotopic (exact) mass is 739 g/mol. The number of rotatable bonds is 11. The lowest BCUT2D eigenvalue weighted by Gasteiger charge is -2.25. The Morgan fingerprint density at radius 3 is 1.17 bits per heavy atom. The topological polar surface area (TPSA) is 89.5 Å². The predicted molar refractivity (Wildman–Crippen MR) is 217 cm³/mol. The third-order valence-corrected chi connectivity index (χ3v) is 6.82. The molecule has 8 heteroatoms. The minimum Gasteiger partial charge on any atom is -0.465 e. The number of carbonyl (C=O) groups excluding carboxylic acids is 2. The van der Waals surface area contributed by atoms with E-state index >= 15 is 0 Å². The first-order valence-electron chi connectivity index (χ1n) is 18.8. The molecule has 3 aromatic rings. The van der Waals surface area contributed by atoms with Crippen molar-refractivity contribution in [3.05, 3.63) is 95.1 Å². The summed E-state index contributed by atoms with van der Waals surface area (Å²) in [4.78, 5) is 22.2. The molecule has 3 rings (SSSR count). The van der Waals surface area contributed by atoms with Gasteiger partial charge in [-0.1, -0.05) is 64.1 Å². The SMILES string of the molecule is CCC(=O)OC(C)(C)C.CCc1ccc(C(=O)OC(C)(C)C)cc1.CCc1ccc(OC(C)OC(C)(C)C)cc1.CCc1ccc(OC(C)OC)cc1. The maximum atomic E-state index is 11.6. The summed E-state index contributed by atoms with van der Waals surface area (Å²) in [5.41, 5.74) is 3.54. The second-order valence-corrected chi connectivity index (χ2v) is 15.3. The molecule has 0 saturated carbocycles. The molecular formula is C45H70O8. The highest BCUT2D eigenvalue weighted by Gasteiger charge is 2.18. The van der Waals surface area contributed by atoms with Gasteiger partial charge >= 0.3 is 11.9 Å². The van der Waals surface area contributed by atoms with E-state index in [4.69, 9.17) is 28.4 Å². The van der Waals surface area contributed by atoms with Gasteiger partial charge in [0.05, 0.1) is 11.2 Å². The molecule has 0 spiro atoms. The number of methoxy groups -OCH3 is 1. The largest absolute Gasteiger partial charge is 0.465 e. The van der Waals surface area contributed by atoms with Crippen LogP contribution in [0.3, 0.4) is 0 Å². The van der Waals surface area contributed by atoms with Gasteiger partial charge in [0.15, 0.2) is 12.6 Å². The summed E-state index contributed by atoms with van der Waals surface area (Å²) >= 11 is 0. The normalized spacial score (nSPS) is 12.2. The van der Waals surface area contributed by atoms with Gasteiger partial charge in [-0.3, -0.25) is 4.79 Å². The summed E-state index contributed by atoms with van der Waals surface area (Å²) in [6.07, 6.45) is 3.13. The van der Waals surface area contributed by atoms with Crippen LogP contribution in [0.15, 0.2) is 72.8 Å². The van der Waals surface area contributed by atoms with Gasteiger partial charge in [0.2, 0.25) is 0 Å². The molecule has 0 aliphatic carbocycles. The molecule has 0 heterocycles. The quantitative estimate of drug-likeness (QED) is 0.142. The van der Waals surface area contributed by atoms with E-state index in [0.29, 0.717) is 12.0 Å². The van der Waals surface area contributed by atoms with Gasteiger partial charge in [0.1, 0.15) is 22.7 Å². The van der Waals surface area contributed by atoms with E-state index < -0.39 is 5.60 Å². The van der Waals surface area contributed by atoms with Crippen molar-refractivity contribution >= 4 is 11.9 Å². The van der Waals surface area contributed by atoms with Crippen molar-refractivity contribution in [2.24, 2.45) is 0 Å². The number of benzene rings is 3. The minimum atomic E-state index is -0.430. The van der Waals surface area contributed by atoms with Crippen molar-refractivity contribution in [3.63, 3.8) is 0 Å². The average molecular weight is 739 g/mol. The standard InChI is InChI=1S/C14H22O2.C13H18O2.C11H16O2.C7H14O2/c1-6-12-7-9-13(10-8-12)15-11(2)16-14(3,4)5;1-5-10-6-8-11(9-7-10)12(14)15-13(2,3)4;1-4-10-5-7-11(8-6-10)13-9(2)12-3;1-5-6(8)9-7(2,3)4/h7-11H,6H2,1-5H3;6-9H,5H2,1-4H3;5-9H,4H2,1-3H3;5H2,1-4H3. The van der Waals surface area contributed by atoms with Gasteiger partial charge in [0.25, 0.3) is 0 Å². The first kappa shape index (κ1) is 49.1. The maximum absolute atomic E-state index is 11.6. The molecule has 3 aromatic carbocycles. The van der Waals surface area contributed by atoms with Crippen molar-refractivity contribution in [1.29, 1.82) is 0 Å². The van der Waals surface area contributed by atoms with Crippen LogP contribution in [-0.4, -0.2) is 48.4 Å². The van der Waals surface area contributed by atoms with Crippen LogP contribution < -0.4 is 9.47 Å². The van der Waals surface area contributed by atoms with Crippen LogP contribution in [0, 0.1) is 0 Å². The Labute approximate surface area is 321 Å². The van der Waals surface area contributed by atoms with E-state index in [1.54, 1.807) is 14.0 Å². The molecule has 8 nitrogen and oxygen atoms in total. The highest BCUT2D eigenvalue weighted by Crippen LogP contribution is 2.18. The number of hydrogen-bond acceptors (Lipinski definition) is 8. The van der Waals surface area contributed by atoms with Crippen molar-refractivity contribution in [3.8, 4) is 11.5 Å². The van der Waals surface area contributed by atoms with Crippen LogP contribution in [0.25, 0.3) is 0 Å². The summed E-state index contributed by atoms with van der Waals surface area (Å²) in [5.74, 6) is 1.31. The smallest absolute Gasteiger partial charge is 0.338 e. The van der Waals surface area contributed by atoms with Crippen LogP contribution in [0.1, 0.15) is 137 Å². The number of hydrogen-bond donors (Lipinski definition) is 0. The van der Waals surface area contributed by atoms with Crippen LogP contribution in [-0.2, 0) is 43.0 Å². The third kappa shape index (κ3) is 25.7. The van der Waals surface area contributed by atoms with E-state index in [1.165, 1.54) is 16.7 Å². The van der Waals surface area contributed by atoms with E-state index in [9.17, 15) is 9.59 Å². The summed E-state index contributed by atoms with van der Waals surface area (Å²) in [6.45, 7) is 29.2. The van der Waals surface area contributed by atoms with E-state index in [0.717, 1.165) is 30.8 Å². The Bertz CT molecular complexity index is 1410. The minimum absolute atomic E-state index is 0.137. The molecule has 0 saturated heterocycles. The Balaban J connectivity index is 0.000000694. The molecule has 0 N–H and O–H groups in total. The van der Waals surface area contributed by atoms with E-state index in [1.807, 2.05) is 125 Å². The maximum Gasteiger partial charge on any atom is 0.338 e. The highest BCUT2D eigenvalue weighted by atomic mass is 16.7. The van der Waals surface area contributed by atoms with Crippen LogP contribution in [0.2, 0.25) is 0 Å². The molecule has 298 valence electrons. The van der Waals surface area contributed by atoms with Gasteiger partial charge in [-0.2, -0.15) is 0 Å². The van der Waals surface area contributed by atoms with Crippen molar-refractivity contribution in [2.45, 2.75) is 159 Å². The van der Waals surface area contributed by atoms with E-state index in [2.05, 4.69) is 45.0 Å². The summed E-state index contributed by atoms with van der Waals surface area (Å²) in [5, 5.41) is 0. The lowest BCUT2D eigenvalue weighted by atomic mass is 10.1. The summed E-state index contributed by atoms with van der Waals surface area (Å²) in [6, 6.07) is 23.7. The van der Waals surface area contributed by atoms with Gasteiger partial charge < -0.3 is 28.4 Å². The fraction of sp³-hybridized carbons (Fsp3) is 0.556. The molecule has 0 aromatic heterocycles. The molecule has 2 unspecified atom stereocenters. The third-order valence-electron chi connectivity index (χ3n) is 6.82. The first-order valence-corrected chi connectivity index (χ1v) is 18.8. The Kier molecular flexibility index (Phi) is 22.6. The number of ether oxygens (including phenoxy) is 6. The van der Waals surface area contributed by atoms with Crippen molar-refractivity contribution in [1.82, 2.24) is 0 Å². The summed E-state index contributed by atoms with van der Waals surface area (Å²) in [7, 11) is 1.63. The van der Waals surface area contributed by atoms with Gasteiger partial charge in [-0.15, -0.1) is 0 Å². The van der Waals surface area contributed by atoms with Gasteiger partial charge in [-0.05, 0) is 149 Å². The Hall–Kier alpha value is -3.88. The summed E-state index contributed by atoms with van der Waals surface area (Å²) < 4.78 is 32.0. The molecule has 0 radical (unpaired) electrons. The fourth-order valence-electron chi connectivity index (χ4n) is 4.19. The Morgan fingerprint density at radius 2 is 0.887 bits per heavy atom. The number of esters is 2. The molecule has 0 aliphatic heterocycles. The van der Waals surface area contributed by atoms with Gasteiger partial charge in [-0.25, -0.2) is 4.79 Å². The molecule has 2 atom stereocenters. The molecule has 0 aliphatic rings. The zero-order valence-electron chi connectivity index (χ0n) is 35.7. The fourth-order valence-corrected chi connectivity index (χ4v) is 4.19. The lowest BCUT2D eigenvalue weighted by Crippen LogP contribution is -2.29. The number of carbonyl (C=O) groups is 2. The predicted octanol–water partition coefficient (Wildman–Crippen LogP) is 11.4. The Morgan fingerprint density at radius 1 is 0.528 bits per heavy atom. The van der Waals surface area contributed by atoms with Crippen LogP contribution in [0.4, 0.5) is 0 Å².